The summed E-state index contributed by atoms with van der Waals surface area (Å²) in [5, 5.41) is 3.10. The molecular formula is C19H25N3O2. The van der Waals surface area contributed by atoms with Gasteiger partial charge < -0.3 is 20.5 Å². The van der Waals surface area contributed by atoms with Crippen molar-refractivity contribution < 1.29 is 9.47 Å². The number of aryl methyl sites for hydroxylation is 1. The first-order valence-electron chi connectivity index (χ1n) is 8.11. The van der Waals surface area contributed by atoms with Crippen LogP contribution >= 0.6 is 0 Å². The van der Waals surface area contributed by atoms with E-state index >= 15 is 0 Å². The molecule has 3 N–H and O–H groups in total. The molecule has 0 aliphatic rings. The van der Waals surface area contributed by atoms with Crippen LogP contribution in [0.4, 0.5) is 5.69 Å². The number of nitrogens with two attached hydrogens (primary N) is 1. The highest BCUT2D eigenvalue weighted by Crippen LogP contribution is 2.28. The van der Waals surface area contributed by atoms with E-state index in [1.54, 1.807) is 7.11 Å². The van der Waals surface area contributed by atoms with E-state index in [2.05, 4.69) is 29.4 Å². The topological polar surface area (TPSA) is 68.9 Å². The molecule has 0 saturated carbocycles. The summed E-state index contributed by atoms with van der Waals surface area (Å²) in [7, 11) is 1.63. The molecule has 0 unspecified atom stereocenters. The molecule has 2 aromatic rings. The van der Waals surface area contributed by atoms with Gasteiger partial charge in [-0.2, -0.15) is 0 Å². The van der Waals surface area contributed by atoms with Crippen molar-refractivity contribution in [3.05, 3.63) is 53.6 Å². The second-order valence-corrected chi connectivity index (χ2v) is 5.30. The summed E-state index contributed by atoms with van der Waals surface area (Å²) < 4.78 is 10.9. The number of anilines is 1. The van der Waals surface area contributed by atoms with E-state index in [1.165, 1.54) is 5.56 Å². The molecule has 0 fully saturated rings. The Hall–Kier alpha value is -2.69. The predicted octanol–water partition coefficient (Wildman–Crippen LogP) is 3.58. The fourth-order valence-electron chi connectivity index (χ4n) is 2.28. The molecule has 2 rings (SSSR count). The van der Waals surface area contributed by atoms with Crippen LogP contribution in [-0.2, 0) is 13.0 Å². The minimum Gasteiger partial charge on any atom is -0.493 e. The Kier molecular flexibility index (Phi) is 6.49. The molecule has 2 aromatic carbocycles. The number of nitrogens with one attached hydrogen (secondary N) is 1. The van der Waals surface area contributed by atoms with Gasteiger partial charge in [-0.15, -0.1) is 0 Å². The Labute approximate surface area is 143 Å². The average molecular weight is 327 g/mol. The zero-order chi connectivity index (χ0) is 17.4. The van der Waals surface area contributed by atoms with Gasteiger partial charge in [-0.05, 0) is 48.7 Å². The van der Waals surface area contributed by atoms with Crippen molar-refractivity contribution >= 4 is 11.6 Å². The molecule has 0 aromatic heterocycles. The third-order valence-corrected chi connectivity index (χ3v) is 3.59. The Morgan fingerprint density at radius 1 is 1.04 bits per heavy atom. The quantitative estimate of drug-likeness (QED) is 0.602. The third kappa shape index (κ3) is 4.91. The summed E-state index contributed by atoms with van der Waals surface area (Å²) in [6.07, 6.45) is 1.02. The van der Waals surface area contributed by atoms with Crippen molar-refractivity contribution in [1.29, 1.82) is 0 Å². The first kappa shape index (κ1) is 17.7. The van der Waals surface area contributed by atoms with Gasteiger partial charge in [0.2, 0.25) is 0 Å². The van der Waals surface area contributed by atoms with Crippen molar-refractivity contribution in [1.82, 2.24) is 0 Å². The monoisotopic (exact) mass is 327 g/mol. The van der Waals surface area contributed by atoms with Crippen molar-refractivity contribution in [3.8, 4) is 11.5 Å². The summed E-state index contributed by atoms with van der Waals surface area (Å²) in [5.74, 6) is 1.81. The summed E-state index contributed by atoms with van der Waals surface area (Å²) in [4.78, 5) is 4.38. The molecule has 0 saturated heterocycles. The van der Waals surface area contributed by atoms with E-state index in [0.717, 1.165) is 23.4 Å². The highest BCUT2D eigenvalue weighted by molar-refractivity contribution is 5.92. The van der Waals surface area contributed by atoms with Gasteiger partial charge in [-0.25, -0.2) is 4.99 Å². The molecule has 0 aliphatic carbocycles. The molecule has 5 heteroatoms. The van der Waals surface area contributed by atoms with Crippen molar-refractivity contribution in [2.45, 2.75) is 26.8 Å². The number of methoxy groups -OCH3 is 1. The van der Waals surface area contributed by atoms with E-state index in [-0.39, 0.29) is 0 Å². The van der Waals surface area contributed by atoms with Crippen LogP contribution < -0.4 is 20.5 Å². The molecule has 0 heterocycles. The lowest BCUT2D eigenvalue weighted by molar-refractivity contribution is 0.310. The fourth-order valence-corrected chi connectivity index (χ4v) is 2.28. The van der Waals surface area contributed by atoms with E-state index in [1.807, 2.05) is 37.3 Å². The van der Waals surface area contributed by atoms with Gasteiger partial charge >= 0.3 is 0 Å². The molecule has 128 valence electrons. The molecule has 0 bridgehead atoms. The zero-order valence-electron chi connectivity index (χ0n) is 14.5. The fraction of sp³-hybridized carbons (Fsp3) is 0.316. The molecule has 0 aliphatic heterocycles. The summed E-state index contributed by atoms with van der Waals surface area (Å²) in [6.45, 7) is 5.12. The second-order valence-electron chi connectivity index (χ2n) is 5.30. The molecule has 0 radical (unpaired) electrons. The van der Waals surface area contributed by atoms with Crippen LogP contribution in [0.2, 0.25) is 0 Å². The van der Waals surface area contributed by atoms with Crippen molar-refractivity contribution in [3.63, 3.8) is 0 Å². The number of hydrogen-bond donors (Lipinski definition) is 2. The highest BCUT2D eigenvalue weighted by atomic mass is 16.5. The SMILES string of the molecule is CCOc1cc(CN=C(N)Nc2ccc(CC)cc2)ccc1OC. The second kappa shape index (κ2) is 8.82. The molecule has 5 nitrogen and oxygen atoms in total. The number of nitrogens with zero attached hydrogens (tertiary/aromatic N) is 1. The Bertz CT molecular complexity index is 682. The normalized spacial score (nSPS) is 11.2. The maximum Gasteiger partial charge on any atom is 0.193 e. The molecular weight excluding hydrogens is 302 g/mol. The number of hydrogen-bond acceptors (Lipinski definition) is 3. The largest absolute Gasteiger partial charge is 0.493 e. The van der Waals surface area contributed by atoms with Crippen LogP contribution in [0.25, 0.3) is 0 Å². The Morgan fingerprint density at radius 3 is 2.38 bits per heavy atom. The zero-order valence-corrected chi connectivity index (χ0v) is 14.5. The van der Waals surface area contributed by atoms with E-state index in [9.17, 15) is 0 Å². The van der Waals surface area contributed by atoms with E-state index in [4.69, 9.17) is 15.2 Å². The number of benzene rings is 2. The van der Waals surface area contributed by atoms with Crippen molar-refractivity contribution in [2.75, 3.05) is 19.0 Å². The van der Waals surface area contributed by atoms with Crippen LogP contribution in [0.15, 0.2) is 47.5 Å². The van der Waals surface area contributed by atoms with Crippen LogP contribution in [0.1, 0.15) is 25.0 Å². The maximum atomic E-state index is 5.96. The van der Waals surface area contributed by atoms with E-state index in [0.29, 0.717) is 24.9 Å². The van der Waals surface area contributed by atoms with E-state index < -0.39 is 0 Å². The Morgan fingerprint density at radius 2 is 1.75 bits per heavy atom. The third-order valence-electron chi connectivity index (χ3n) is 3.59. The molecule has 0 atom stereocenters. The molecule has 24 heavy (non-hydrogen) atoms. The van der Waals surface area contributed by atoms with Crippen LogP contribution in [0.3, 0.4) is 0 Å². The first-order chi connectivity index (χ1) is 11.7. The number of ether oxygens (including phenoxy) is 2. The standard InChI is InChI=1S/C19H25N3O2/c1-4-14-6-9-16(10-7-14)22-19(20)21-13-15-8-11-17(23-3)18(12-15)24-5-2/h6-12H,4-5,13H2,1-3H3,(H3,20,21,22). The maximum absolute atomic E-state index is 5.96. The number of guanidine groups is 1. The highest BCUT2D eigenvalue weighted by Gasteiger charge is 2.05. The van der Waals surface area contributed by atoms with Crippen LogP contribution in [0.5, 0.6) is 11.5 Å². The summed E-state index contributed by atoms with van der Waals surface area (Å²) in [5.41, 5.74) is 9.18. The molecule has 0 amide bonds. The lowest BCUT2D eigenvalue weighted by atomic mass is 10.1. The number of aliphatic imine (C=N–C) groups is 1. The summed E-state index contributed by atoms with van der Waals surface area (Å²) >= 11 is 0. The van der Waals surface area contributed by atoms with Gasteiger partial charge in [-0.1, -0.05) is 25.1 Å². The Balaban J connectivity index is 2.01. The number of rotatable bonds is 7. The summed E-state index contributed by atoms with van der Waals surface area (Å²) in [6, 6.07) is 13.9. The lowest BCUT2D eigenvalue weighted by Gasteiger charge is -2.10. The smallest absolute Gasteiger partial charge is 0.193 e. The first-order valence-corrected chi connectivity index (χ1v) is 8.11. The van der Waals surface area contributed by atoms with Gasteiger partial charge in [-0.3, -0.25) is 0 Å². The predicted molar refractivity (Wildman–Crippen MR) is 98.9 cm³/mol. The van der Waals surface area contributed by atoms with Crippen LogP contribution in [-0.4, -0.2) is 19.7 Å². The van der Waals surface area contributed by atoms with Gasteiger partial charge in [0.25, 0.3) is 0 Å². The van der Waals surface area contributed by atoms with Crippen LogP contribution in [0, 0.1) is 0 Å². The lowest BCUT2D eigenvalue weighted by Crippen LogP contribution is -2.22. The minimum atomic E-state index is 0.382. The van der Waals surface area contributed by atoms with Gasteiger partial charge in [0.05, 0.1) is 20.3 Å². The van der Waals surface area contributed by atoms with Crippen molar-refractivity contribution in [2.24, 2.45) is 10.7 Å². The van der Waals surface area contributed by atoms with Gasteiger partial charge in [0.1, 0.15) is 0 Å². The van der Waals surface area contributed by atoms with Gasteiger partial charge in [0.15, 0.2) is 17.5 Å². The molecule has 0 spiro atoms. The minimum absolute atomic E-state index is 0.382. The average Bonchev–Trinajstić information content (AvgIpc) is 2.61. The van der Waals surface area contributed by atoms with Gasteiger partial charge in [0, 0.05) is 5.69 Å².